The highest BCUT2D eigenvalue weighted by molar-refractivity contribution is 5.68. The van der Waals surface area contributed by atoms with Crippen LogP contribution in [0, 0.1) is 41.3 Å². The number of nitriles is 2. The van der Waals surface area contributed by atoms with E-state index in [-0.39, 0.29) is 23.2 Å². The second-order valence-corrected chi connectivity index (χ2v) is 8.74. The van der Waals surface area contributed by atoms with E-state index in [0.29, 0.717) is 30.0 Å². The van der Waals surface area contributed by atoms with Crippen LogP contribution in [-0.4, -0.2) is 42.4 Å². The normalized spacial score (nSPS) is 15.0. The molecular formula is C25H22F2N8O. The number of benzene rings is 1. The highest BCUT2D eigenvalue weighted by atomic mass is 19.1. The molecule has 0 radical (unpaired) electrons. The van der Waals surface area contributed by atoms with Crippen molar-refractivity contribution < 1.29 is 13.5 Å². The van der Waals surface area contributed by atoms with Crippen molar-refractivity contribution in [3.05, 3.63) is 65.1 Å². The molecule has 1 atom stereocenters. The number of hydrogen-bond acceptors (Lipinski definition) is 7. The third-order valence-electron chi connectivity index (χ3n) is 6.54. The molecule has 4 aromatic rings. The van der Waals surface area contributed by atoms with Crippen molar-refractivity contribution in [1.29, 1.82) is 10.5 Å². The number of piperidine rings is 1. The molecule has 0 bridgehead atoms. The molecule has 1 aliphatic rings. The Kier molecular flexibility index (Phi) is 5.98. The fourth-order valence-electron chi connectivity index (χ4n) is 4.62. The number of halogens is 2. The van der Waals surface area contributed by atoms with Crippen LogP contribution >= 0.6 is 0 Å². The van der Waals surface area contributed by atoms with Gasteiger partial charge in [-0.25, -0.2) is 18.4 Å². The molecule has 0 unspecified atom stereocenters. The fraction of sp³-hybridized carbons (Fsp3) is 0.320. The smallest absolute Gasteiger partial charge is 0.201 e. The van der Waals surface area contributed by atoms with Crippen molar-refractivity contribution in [2.75, 3.05) is 13.1 Å². The number of aromatic nitrogens is 5. The van der Waals surface area contributed by atoms with E-state index in [1.807, 2.05) is 11.6 Å². The van der Waals surface area contributed by atoms with Crippen molar-refractivity contribution in [3.8, 4) is 29.4 Å². The summed E-state index contributed by atoms with van der Waals surface area (Å²) in [5.74, 6) is -1.13. The first-order valence-electron chi connectivity index (χ1n) is 11.5. The maximum absolute atomic E-state index is 14.4. The van der Waals surface area contributed by atoms with Gasteiger partial charge in [-0.2, -0.15) is 10.5 Å². The first-order valence-corrected chi connectivity index (χ1v) is 11.5. The van der Waals surface area contributed by atoms with Gasteiger partial charge in [0.15, 0.2) is 6.19 Å². The first kappa shape index (κ1) is 23.2. The largest absolute Gasteiger partial charge is 0.471 e. The number of pyridine rings is 1. The van der Waals surface area contributed by atoms with Crippen LogP contribution in [0.4, 0.5) is 8.78 Å². The summed E-state index contributed by atoms with van der Waals surface area (Å²) in [4.78, 5) is 6.07. The van der Waals surface area contributed by atoms with E-state index in [2.05, 4.69) is 27.6 Å². The van der Waals surface area contributed by atoms with Gasteiger partial charge in [-0.1, -0.05) is 5.21 Å². The second kappa shape index (κ2) is 9.27. The molecule has 0 spiro atoms. The number of ether oxygens (including phenoxy) is 1. The SMILES string of the molecule is Cc1c(-c2cc(O[C@H](C)c3ccc(F)cc3F)n3c(C#N)cnc3c2)nnn1C1CCN(C#N)CC1. The van der Waals surface area contributed by atoms with Gasteiger partial charge in [0.1, 0.15) is 40.8 Å². The van der Waals surface area contributed by atoms with E-state index < -0.39 is 17.7 Å². The molecule has 0 N–H and O–H groups in total. The van der Waals surface area contributed by atoms with E-state index >= 15 is 0 Å². The van der Waals surface area contributed by atoms with Crippen LogP contribution in [-0.2, 0) is 0 Å². The number of nitrogens with zero attached hydrogens (tertiary/aromatic N) is 8. The van der Waals surface area contributed by atoms with Gasteiger partial charge in [-0.3, -0.25) is 4.40 Å². The van der Waals surface area contributed by atoms with E-state index in [1.165, 1.54) is 18.3 Å². The van der Waals surface area contributed by atoms with Gasteiger partial charge in [0.05, 0.1) is 17.9 Å². The monoisotopic (exact) mass is 488 g/mol. The molecule has 0 aliphatic carbocycles. The Labute approximate surface area is 205 Å². The lowest BCUT2D eigenvalue weighted by Gasteiger charge is -2.28. The van der Waals surface area contributed by atoms with Gasteiger partial charge in [0.25, 0.3) is 0 Å². The van der Waals surface area contributed by atoms with Gasteiger partial charge < -0.3 is 9.64 Å². The first-order chi connectivity index (χ1) is 17.4. The number of rotatable bonds is 5. The minimum absolute atomic E-state index is 0.133. The van der Waals surface area contributed by atoms with Crippen molar-refractivity contribution >= 4 is 5.65 Å². The average molecular weight is 489 g/mol. The van der Waals surface area contributed by atoms with E-state index in [4.69, 9.17) is 10.00 Å². The number of likely N-dealkylation sites (tertiary alicyclic amines) is 1. The highest BCUT2D eigenvalue weighted by Crippen LogP contribution is 2.33. The van der Waals surface area contributed by atoms with Gasteiger partial charge >= 0.3 is 0 Å². The summed E-state index contributed by atoms with van der Waals surface area (Å²) < 4.78 is 37.3. The van der Waals surface area contributed by atoms with Crippen LogP contribution in [0.3, 0.4) is 0 Å². The predicted octanol–water partition coefficient (Wildman–Crippen LogP) is 4.31. The molecule has 4 heterocycles. The Bertz CT molecular complexity index is 1520. The third kappa shape index (κ3) is 4.09. The number of fused-ring (bicyclic) bond motifs is 1. The minimum Gasteiger partial charge on any atom is -0.471 e. The molecule has 5 rings (SSSR count). The molecule has 36 heavy (non-hydrogen) atoms. The predicted molar refractivity (Wildman–Crippen MR) is 125 cm³/mol. The molecule has 3 aromatic heterocycles. The summed E-state index contributed by atoms with van der Waals surface area (Å²) in [6.45, 7) is 4.91. The number of hydrogen-bond donors (Lipinski definition) is 0. The second-order valence-electron chi connectivity index (χ2n) is 8.74. The lowest BCUT2D eigenvalue weighted by atomic mass is 10.0. The standard InChI is InChI=1S/C25H22F2N8O/c1-15-25(31-32-35(15)19-5-7-33(14-29)8-6-19)17-9-23-30-13-20(12-28)34(23)24(10-17)36-16(2)21-4-3-18(26)11-22(21)27/h3-4,9-11,13,16,19H,5-8H2,1-2H3/t16-/m1/s1. The average Bonchev–Trinajstić information content (AvgIpc) is 3.47. The zero-order chi connectivity index (χ0) is 25.4. The molecule has 1 fully saturated rings. The van der Waals surface area contributed by atoms with Gasteiger partial charge in [-0.15, -0.1) is 5.10 Å². The molecule has 182 valence electrons. The Hall–Kier alpha value is -4.51. The summed E-state index contributed by atoms with van der Waals surface area (Å²) in [5.41, 5.74) is 3.06. The van der Waals surface area contributed by atoms with Crippen LogP contribution in [0.25, 0.3) is 16.9 Å². The summed E-state index contributed by atoms with van der Waals surface area (Å²) in [6.07, 6.45) is 4.42. The summed E-state index contributed by atoms with van der Waals surface area (Å²) >= 11 is 0. The van der Waals surface area contributed by atoms with Gasteiger partial charge in [-0.05, 0) is 44.9 Å². The fourth-order valence-corrected chi connectivity index (χ4v) is 4.62. The van der Waals surface area contributed by atoms with E-state index in [0.717, 1.165) is 24.6 Å². The third-order valence-corrected chi connectivity index (χ3v) is 6.54. The maximum Gasteiger partial charge on any atom is 0.201 e. The zero-order valence-corrected chi connectivity index (χ0v) is 19.7. The Morgan fingerprint density at radius 2 is 1.92 bits per heavy atom. The quantitative estimate of drug-likeness (QED) is 0.385. The van der Waals surface area contributed by atoms with Crippen molar-refractivity contribution in [2.24, 2.45) is 0 Å². The van der Waals surface area contributed by atoms with Crippen LogP contribution in [0.15, 0.2) is 36.5 Å². The highest BCUT2D eigenvalue weighted by Gasteiger charge is 2.25. The molecular weight excluding hydrogens is 466 g/mol. The Balaban J connectivity index is 1.53. The molecule has 1 aromatic carbocycles. The zero-order valence-electron chi connectivity index (χ0n) is 19.7. The summed E-state index contributed by atoms with van der Waals surface area (Å²) in [6, 6.07) is 9.04. The van der Waals surface area contributed by atoms with E-state index in [9.17, 15) is 14.0 Å². The summed E-state index contributed by atoms with van der Waals surface area (Å²) in [7, 11) is 0. The topological polar surface area (TPSA) is 108 Å². The molecule has 0 saturated carbocycles. The summed E-state index contributed by atoms with van der Waals surface area (Å²) in [5, 5.41) is 27.5. The molecule has 0 amide bonds. The van der Waals surface area contributed by atoms with Crippen molar-refractivity contribution in [1.82, 2.24) is 29.3 Å². The minimum atomic E-state index is -0.778. The van der Waals surface area contributed by atoms with Crippen LogP contribution in [0.5, 0.6) is 5.88 Å². The van der Waals surface area contributed by atoms with Crippen LogP contribution in [0.1, 0.15) is 48.9 Å². The Morgan fingerprint density at radius 1 is 1.14 bits per heavy atom. The van der Waals surface area contributed by atoms with Crippen LogP contribution < -0.4 is 4.74 Å². The van der Waals surface area contributed by atoms with Gasteiger partial charge in [0.2, 0.25) is 5.88 Å². The Morgan fingerprint density at radius 3 is 2.61 bits per heavy atom. The maximum atomic E-state index is 14.4. The molecule has 1 aliphatic heterocycles. The number of imidazole rings is 1. The van der Waals surface area contributed by atoms with Gasteiger partial charge in [0, 0.05) is 36.3 Å². The van der Waals surface area contributed by atoms with Crippen LogP contribution in [0.2, 0.25) is 0 Å². The molecule has 1 saturated heterocycles. The molecule has 9 nitrogen and oxygen atoms in total. The van der Waals surface area contributed by atoms with Crippen molar-refractivity contribution in [2.45, 2.75) is 38.8 Å². The lowest BCUT2D eigenvalue weighted by molar-refractivity contribution is 0.209. The van der Waals surface area contributed by atoms with Crippen molar-refractivity contribution in [3.63, 3.8) is 0 Å². The lowest BCUT2D eigenvalue weighted by Crippen LogP contribution is -2.31. The molecule has 11 heteroatoms. The van der Waals surface area contributed by atoms with E-state index in [1.54, 1.807) is 28.4 Å².